The van der Waals surface area contributed by atoms with Gasteiger partial charge in [-0.25, -0.2) is 4.79 Å². The molecular formula is C22H23N3O5. The predicted molar refractivity (Wildman–Crippen MR) is 111 cm³/mol. The number of carbonyl (C=O) groups excluding carboxylic acids is 3. The number of alkyl carbamates (subject to hydrolysis) is 1. The Bertz CT molecular complexity index is 1020. The van der Waals surface area contributed by atoms with E-state index in [1.807, 2.05) is 54.6 Å². The lowest BCUT2D eigenvalue weighted by atomic mass is 10.0. The molecular weight excluding hydrogens is 386 g/mol. The van der Waals surface area contributed by atoms with E-state index in [-0.39, 0.29) is 19.6 Å². The summed E-state index contributed by atoms with van der Waals surface area (Å²) in [7, 11) is 1.23. The number of amides is 2. The van der Waals surface area contributed by atoms with Gasteiger partial charge >= 0.3 is 12.1 Å². The third kappa shape index (κ3) is 5.60. The van der Waals surface area contributed by atoms with E-state index in [1.54, 1.807) is 6.20 Å². The molecule has 0 saturated heterocycles. The molecule has 3 rings (SSSR count). The van der Waals surface area contributed by atoms with Crippen LogP contribution in [-0.2, 0) is 32.1 Å². The van der Waals surface area contributed by atoms with Gasteiger partial charge in [-0.05, 0) is 17.2 Å². The topological polar surface area (TPSA) is 110 Å². The van der Waals surface area contributed by atoms with Crippen molar-refractivity contribution >= 4 is 28.9 Å². The molecule has 1 aromatic heterocycles. The minimum absolute atomic E-state index is 0.0796. The van der Waals surface area contributed by atoms with Gasteiger partial charge in [-0.3, -0.25) is 9.59 Å². The molecule has 2 aromatic carbocycles. The van der Waals surface area contributed by atoms with E-state index in [1.165, 1.54) is 7.11 Å². The number of rotatable bonds is 8. The van der Waals surface area contributed by atoms with Gasteiger partial charge in [-0.2, -0.15) is 0 Å². The van der Waals surface area contributed by atoms with Crippen LogP contribution in [0.3, 0.4) is 0 Å². The summed E-state index contributed by atoms with van der Waals surface area (Å²) in [5.74, 6) is -1.09. The summed E-state index contributed by atoms with van der Waals surface area (Å²) < 4.78 is 9.77. The Morgan fingerprint density at radius 2 is 1.77 bits per heavy atom. The lowest BCUT2D eigenvalue weighted by Gasteiger charge is -2.18. The first-order valence-corrected chi connectivity index (χ1v) is 9.43. The number of hydrogen-bond donors (Lipinski definition) is 3. The Hall–Kier alpha value is -3.81. The first kappa shape index (κ1) is 20.9. The summed E-state index contributed by atoms with van der Waals surface area (Å²) in [6.45, 7) is -0.212. The van der Waals surface area contributed by atoms with Gasteiger partial charge in [-0.15, -0.1) is 0 Å². The molecule has 0 aliphatic heterocycles. The fourth-order valence-electron chi connectivity index (χ4n) is 2.99. The summed E-state index contributed by atoms with van der Waals surface area (Å²) in [5.41, 5.74) is 2.61. The highest BCUT2D eigenvalue weighted by molar-refractivity contribution is 5.90. The highest BCUT2D eigenvalue weighted by Crippen LogP contribution is 2.19. The Balaban J connectivity index is 1.69. The Labute approximate surface area is 173 Å². The molecule has 1 atom stereocenters. The van der Waals surface area contributed by atoms with Crippen molar-refractivity contribution in [2.75, 3.05) is 13.7 Å². The van der Waals surface area contributed by atoms with E-state index in [4.69, 9.17) is 4.74 Å². The summed E-state index contributed by atoms with van der Waals surface area (Å²) in [4.78, 5) is 39.4. The number of aromatic nitrogens is 1. The maximum absolute atomic E-state index is 12.6. The van der Waals surface area contributed by atoms with Crippen LogP contribution in [0.1, 0.15) is 11.1 Å². The van der Waals surface area contributed by atoms with Crippen LogP contribution in [0.15, 0.2) is 60.8 Å². The third-order valence-corrected chi connectivity index (χ3v) is 4.55. The van der Waals surface area contributed by atoms with Crippen molar-refractivity contribution in [2.45, 2.75) is 19.1 Å². The molecule has 3 aromatic rings. The number of methoxy groups -OCH3 is 1. The molecule has 0 bridgehead atoms. The molecule has 0 radical (unpaired) electrons. The molecule has 1 heterocycles. The minimum atomic E-state index is -0.933. The van der Waals surface area contributed by atoms with Gasteiger partial charge in [-0.1, -0.05) is 48.5 Å². The van der Waals surface area contributed by atoms with Crippen LogP contribution in [-0.4, -0.2) is 42.7 Å². The SMILES string of the molecule is COC(=O)CNC(=O)[C@@H](Cc1c[nH]c2ccccc12)NC(=O)OCc1ccccc1. The van der Waals surface area contributed by atoms with Crippen LogP contribution in [0.5, 0.6) is 0 Å². The van der Waals surface area contributed by atoms with Crippen molar-refractivity contribution in [3.8, 4) is 0 Å². The zero-order valence-corrected chi connectivity index (χ0v) is 16.5. The van der Waals surface area contributed by atoms with Crippen LogP contribution in [0.2, 0.25) is 0 Å². The number of nitrogens with one attached hydrogen (secondary N) is 3. The molecule has 0 aliphatic carbocycles. The molecule has 8 nitrogen and oxygen atoms in total. The number of hydrogen-bond acceptors (Lipinski definition) is 5. The van der Waals surface area contributed by atoms with Crippen LogP contribution in [0.4, 0.5) is 4.79 Å². The van der Waals surface area contributed by atoms with E-state index in [0.717, 1.165) is 22.0 Å². The normalized spacial score (nSPS) is 11.5. The maximum atomic E-state index is 12.6. The largest absolute Gasteiger partial charge is 0.468 e. The number of esters is 1. The number of H-pyrrole nitrogens is 1. The quantitative estimate of drug-likeness (QED) is 0.495. The van der Waals surface area contributed by atoms with Gasteiger partial charge in [0.1, 0.15) is 19.2 Å². The zero-order chi connectivity index (χ0) is 21.3. The van der Waals surface area contributed by atoms with Gasteiger partial charge in [0.25, 0.3) is 0 Å². The smallest absolute Gasteiger partial charge is 0.408 e. The number of fused-ring (bicyclic) bond motifs is 1. The van der Waals surface area contributed by atoms with E-state index in [2.05, 4.69) is 20.4 Å². The first-order chi connectivity index (χ1) is 14.6. The molecule has 0 spiro atoms. The van der Waals surface area contributed by atoms with Gasteiger partial charge in [0.05, 0.1) is 7.11 Å². The molecule has 156 valence electrons. The second-order valence-corrected chi connectivity index (χ2v) is 6.62. The van der Waals surface area contributed by atoms with Crippen molar-refractivity contribution in [3.63, 3.8) is 0 Å². The molecule has 2 amide bonds. The number of para-hydroxylation sites is 1. The minimum Gasteiger partial charge on any atom is -0.468 e. The van der Waals surface area contributed by atoms with E-state index >= 15 is 0 Å². The van der Waals surface area contributed by atoms with Crippen molar-refractivity contribution < 1.29 is 23.9 Å². The van der Waals surface area contributed by atoms with Crippen molar-refractivity contribution in [1.29, 1.82) is 0 Å². The number of carbonyl (C=O) groups is 3. The summed E-state index contributed by atoms with van der Waals surface area (Å²) in [5, 5.41) is 6.02. The second-order valence-electron chi connectivity index (χ2n) is 6.62. The number of aromatic amines is 1. The average Bonchev–Trinajstić information content (AvgIpc) is 3.19. The summed E-state index contributed by atoms with van der Waals surface area (Å²) in [6.07, 6.45) is 1.29. The first-order valence-electron chi connectivity index (χ1n) is 9.43. The van der Waals surface area contributed by atoms with Gasteiger partial charge in [0, 0.05) is 23.5 Å². The highest BCUT2D eigenvalue weighted by atomic mass is 16.5. The fourth-order valence-corrected chi connectivity index (χ4v) is 2.99. The summed E-state index contributed by atoms with van der Waals surface area (Å²) in [6, 6.07) is 15.9. The summed E-state index contributed by atoms with van der Waals surface area (Å²) >= 11 is 0. The van der Waals surface area contributed by atoms with Gasteiger partial charge < -0.3 is 25.1 Å². The molecule has 0 saturated carbocycles. The van der Waals surface area contributed by atoms with Crippen molar-refractivity contribution in [3.05, 3.63) is 71.9 Å². The van der Waals surface area contributed by atoms with Crippen molar-refractivity contribution in [2.24, 2.45) is 0 Å². The third-order valence-electron chi connectivity index (χ3n) is 4.55. The van der Waals surface area contributed by atoms with Crippen LogP contribution in [0, 0.1) is 0 Å². The van der Waals surface area contributed by atoms with Gasteiger partial charge in [0.15, 0.2) is 0 Å². The van der Waals surface area contributed by atoms with Crippen LogP contribution < -0.4 is 10.6 Å². The maximum Gasteiger partial charge on any atom is 0.408 e. The van der Waals surface area contributed by atoms with Crippen LogP contribution in [0.25, 0.3) is 10.9 Å². The second kappa shape index (κ2) is 10.1. The highest BCUT2D eigenvalue weighted by Gasteiger charge is 2.24. The molecule has 8 heteroatoms. The predicted octanol–water partition coefficient (Wildman–Crippen LogP) is 2.29. The molecule has 0 unspecified atom stereocenters. The molecule has 30 heavy (non-hydrogen) atoms. The van der Waals surface area contributed by atoms with Crippen LogP contribution >= 0.6 is 0 Å². The monoisotopic (exact) mass is 409 g/mol. The van der Waals surface area contributed by atoms with E-state index < -0.39 is 24.0 Å². The lowest BCUT2D eigenvalue weighted by molar-refractivity contribution is -0.141. The fraction of sp³-hybridized carbons (Fsp3) is 0.227. The standard InChI is InChI=1S/C22H23N3O5/c1-29-20(26)13-24-21(27)19(11-16-12-23-18-10-6-5-9-17(16)18)25-22(28)30-14-15-7-3-2-4-8-15/h2-10,12,19,23H,11,13-14H2,1H3,(H,24,27)(H,25,28)/t19-/m1/s1. The Morgan fingerprint density at radius 3 is 2.53 bits per heavy atom. The number of ether oxygens (including phenoxy) is 2. The average molecular weight is 409 g/mol. The molecule has 0 fully saturated rings. The Morgan fingerprint density at radius 1 is 1.03 bits per heavy atom. The molecule has 0 aliphatic rings. The Kier molecular flexibility index (Phi) is 7.05. The molecule has 3 N–H and O–H groups in total. The van der Waals surface area contributed by atoms with E-state index in [0.29, 0.717) is 0 Å². The van der Waals surface area contributed by atoms with E-state index in [9.17, 15) is 14.4 Å². The lowest BCUT2D eigenvalue weighted by Crippen LogP contribution is -2.49. The zero-order valence-electron chi connectivity index (χ0n) is 16.5. The van der Waals surface area contributed by atoms with Gasteiger partial charge in [0.2, 0.25) is 5.91 Å². The van der Waals surface area contributed by atoms with Crippen molar-refractivity contribution in [1.82, 2.24) is 15.6 Å². The number of benzene rings is 2.